The second kappa shape index (κ2) is 8.43. The summed E-state index contributed by atoms with van der Waals surface area (Å²) < 4.78 is 31.4. The predicted molar refractivity (Wildman–Crippen MR) is 109 cm³/mol. The number of nitrogens with one attached hydrogen (secondary N) is 1. The fourth-order valence-electron chi connectivity index (χ4n) is 3.06. The van der Waals surface area contributed by atoms with E-state index in [9.17, 15) is 13.2 Å². The molecule has 1 amide bonds. The molecule has 0 heterocycles. The number of hydrogen-bond acceptors (Lipinski definition) is 4. The van der Waals surface area contributed by atoms with Crippen molar-refractivity contribution in [3.05, 3.63) is 53.6 Å². The van der Waals surface area contributed by atoms with Crippen LogP contribution in [0.15, 0.2) is 42.5 Å². The minimum Gasteiger partial charge on any atom is -0.497 e. The van der Waals surface area contributed by atoms with Gasteiger partial charge < -0.3 is 10.1 Å². The van der Waals surface area contributed by atoms with Crippen molar-refractivity contribution in [2.75, 3.05) is 23.0 Å². The molecule has 0 radical (unpaired) electrons. The Morgan fingerprint density at radius 3 is 2.30 bits per heavy atom. The number of methoxy groups -OCH3 is 1. The molecule has 1 N–H and O–H groups in total. The molecule has 2 rings (SSSR count). The van der Waals surface area contributed by atoms with E-state index in [1.165, 1.54) is 4.31 Å². The van der Waals surface area contributed by atoms with Crippen LogP contribution >= 0.6 is 0 Å². The first kappa shape index (κ1) is 20.8. The highest BCUT2D eigenvalue weighted by atomic mass is 32.2. The number of carbonyl (C=O) groups is 1. The van der Waals surface area contributed by atoms with Gasteiger partial charge in [0.05, 0.1) is 19.1 Å². The predicted octanol–water partition coefficient (Wildman–Crippen LogP) is 3.50. The zero-order valence-electron chi connectivity index (χ0n) is 16.3. The van der Waals surface area contributed by atoms with Crippen LogP contribution in [0.25, 0.3) is 0 Å². The van der Waals surface area contributed by atoms with Gasteiger partial charge in [0.25, 0.3) is 0 Å². The van der Waals surface area contributed by atoms with E-state index in [1.54, 1.807) is 50.4 Å². The van der Waals surface area contributed by atoms with Crippen molar-refractivity contribution < 1.29 is 17.9 Å². The van der Waals surface area contributed by atoms with Gasteiger partial charge in [0, 0.05) is 11.8 Å². The third kappa shape index (κ3) is 5.23. The van der Waals surface area contributed by atoms with Gasteiger partial charge in [-0.1, -0.05) is 19.1 Å². The van der Waals surface area contributed by atoms with Crippen LogP contribution in [0.1, 0.15) is 24.5 Å². The average molecular weight is 391 g/mol. The summed E-state index contributed by atoms with van der Waals surface area (Å²) in [7, 11) is -2.12. The SMILES string of the molecule is CCC(C(=O)Nc1cccc(OC)c1)N(c1cc(C)cc(C)c1)S(C)(=O)=O. The Hall–Kier alpha value is -2.54. The minimum absolute atomic E-state index is 0.329. The molecule has 1 unspecified atom stereocenters. The van der Waals surface area contributed by atoms with Crippen LogP contribution < -0.4 is 14.4 Å². The summed E-state index contributed by atoms with van der Waals surface area (Å²) in [5.74, 6) is 0.213. The van der Waals surface area contributed by atoms with E-state index in [-0.39, 0.29) is 0 Å². The zero-order chi connectivity index (χ0) is 20.2. The van der Waals surface area contributed by atoms with Crippen LogP contribution in [0.4, 0.5) is 11.4 Å². The third-order valence-corrected chi connectivity index (χ3v) is 5.31. The molecule has 27 heavy (non-hydrogen) atoms. The lowest BCUT2D eigenvalue weighted by atomic mass is 10.1. The van der Waals surface area contributed by atoms with E-state index in [1.807, 2.05) is 19.9 Å². The second-order valence-corrected chi connectivity index (χ2v) is 8.41. The number of hydrogen-bond donors (Lipinski definition) is 1. The molecule has 0 bridgehead atoms. The molecule has 0 saturated carbocycles. The molecule has 7 heteroatoms. The molecule has 146 valence electrons. The Bertz CT molecular complexity index is 905. The highest BCUT2D eigenvalue weighted by Gasteiger charge is 2.31. The summed E-state index contributed by atoms with van der Waals surface area (Å²) in [6, 6.07) is 11.6. The molecule has 0 saturated heterocycles. The summed E-state index contributed by atoms with van der Waals surface area (Å²) in [6.45, 7) is 5.58. The van der Waals surface area contributed by atoms with Crippen LogP contribution in [-0.2, 0) is 14.8 Å². The maximum Gasteiger partial charge on any atom is 0.248 e. The van der Waals surface area contributed by atoms with Gasteiger partial charge >= 0.3 is 0 Å². The number of ether oxygens (including phenoxy) is 1. The molecule has 0 aromatic heterocycles. The summed E-state index contributed by atoms with van der Waals surface area (Å²) in [4.78, 5) is 12.9. The van der Waals surface area contributed by atoms with Crippen molar-refractivity contribution in [1.29, 1.82) is 0 Å². The van der Waals surface area contributed by atoms with Crippen molar-refractivity contribution in [1.82, 2.24) is 0 Å². The van der Waals surface area contributed by atoms with Gasteiger partial charge in [-0.25, -0.2) is 8.42 Å². The fourth-order valence-corrected chi connectivity index (χ4v) is 4.26. The zero-order valence-corrected chi connectivity index (χ0v) is 17.1. The lowest BCUT2D eigenvalue weighted by molar-refractivity contribution is -0.117. The largest absolute Gasteiger partial charge is 0.497 e. The number of carbonyl (C=O) groups excluding carboxylic acids is 1. The monoisotopic (exact) mass is 390 g/mol. The van der Waals surface area contributed by atoms with E-state index < -0.39 is 22.0 Å². The fraction of sp³-hybridized carbons (Fsp3) is 0.350. The molecule has 0 aliphatic rings. The number of nitrogens with zero attached hydrogens (tertiary/aromatic N) is 1. The lowest BCUT2D eigenvalue weighted by Gasteiger charge is -2.30. The number of aryl methyl sites for hydroxylation is 2. The Labute approximate surface area is 161 Å². The number of sulfonamides is 1. The highest BCUT2D eigenvalue weighted by molar-refractivity contribution is 7.92. The van der Waals surface area contributed by atoms with Crippen LogP contribution in [-0.4, -0.2) is 33.7 Å². The van der Waals surface area contributed by atoms with Gasteiger partial charge in [0.1, 0.15) is 11.8 Å². The van der Waals surface area contributed by atoms with Crippen molar-refractivity contribution >= 4 is 27.3 Å². The Morgan fingerprint density at radius 2 is 1.78 bits per heavy atom. The van der Waals surface area contributed by atoms with Crippen molar-refractivity contribution in [2.24, 2.45) is 0 Å². The standard InChI is InChI=1S/C20H26N2O4S/c1-6-19(20(23)21-16-8-7-9-18(13-16)26-4)22(27(5,24)25)17-11-14(2)10-15(3)12-17/h7-13,19H,6H2,1-5H3,(H,21,23). The average Bonchev–Trinajstić information content (AvgIpc) is 2.57. The van der Waals surface area contributed by atoms with E-state index >= 15 is 0 Å². The van der Waals surface area contributed by atoms with E-state index in [0.29, 0.717) is 23.5 Å². The molecule has 2 aromatic rings. The molecule has 0 aliphatic carbocycles. The van der Waals surface area contributed by atoms with Crippen LogP contribution in [0, 0.1) is 13.8 Å². The smallest absolute Gasteiger partial charge is 0.248 e. The van der Waals surface area contributed by atoms with Gasteiger partial charge in [-0.3, -0.25) is 9.10 Å². The van der Waals surface area contributed by atoms with Crippen molar-refractivity contribution in [3.63, 3.8) is 0 Å². The first-order chi connectivity index (χ1) is 12.7. The Balaban J connectivity index is 2.41. The van der Waals surface area contributed by atoms with Crippen LogP contribution in [0.5, 0.6) is 5.75 Å². The number of rotatable bonds is 7. The third-order valence-electron chi connectivity index (χ3n) is 4.13. The lowest BCUT2D eigenvalue weighted by Crippen LogP contribution is -2.47. The highest BCUT2D eigenvalue weighted by Crippen LogP contribution is 2.26. The summed E-state index contributed by atoms with van der Waals surface area (Å²) in [6.07, 6.45) is 1.45. The van der Waals surface area contributed by atoms with Crippen molar-refractivity contribution in [2.45, 2.75) is 33.2 Å². The maximum atomic E-state index is 12.9. The second-order valence-electron chi connectivity index (χ2n) is 6.55. The quantitative estimate of drug-likeness (QED) is 0.785. The first-order valence-corrected chi connectivity index (χ1v) is 10.5. The number of benzene rings is 2. The Morgan fingerprint density at radius 1 is 1.15 bits per heavy atom. The molecule has 6 nitrogen and oxygen atoms in total. The molecule has 0 spiro atoms. The van der Waals surface area contributed by atoms with Crippen LogP contribution in [0.2, 0.25) is 0 Å². The topological polar surface area (TPSA) is 75.7 Å². The minimum atomic E-state index is -3.67. The van der Waals surface area contributed by atoms with Gasteiger partial charge in [-0.15, -0.1) is 0 Å². The number of anilines is 2. The summed E-state index contributed by atoms with van der Waals surface area (Å²) in [5.41, 5.74) is 2.90. The Kier molecular flexibility index (Phi) is 6.49. The normalized spacial score (nSPS) is 12.3. The summed E-state index contributed by atoms with van der Waals surface area (Å²) >= 11 is 0. The van der Waals surface area contributed by atoms with Gasteiger partial charge in [0.2, 0.25) is 15.9 Å². The molecule has 0 fully saturated rings. The van der Waals surface area contributed by atoms with Crippen LogP contribution in [0.3, 0.4) is 0 Å². The first-order valence-electron chi connectivity index (χ1n) is 8.68. The molecule has 1 atom stereocenters. The maximum absolute atomic E-state index is 12.9. The summed E-state index contributed by atoms with van der Waals surface area (Å²) in [5, 5.41) is 2.79. The van der Waals surface area contributed by atoms with Crippen molar-refractivity contribution in [3.8, 4) is 5.75 Å². The van der Waals surface area contributed by atoms with E-state index in [0.717, 1.165) is 17.4 Å². The van der Waals surface area contributed by atoms with Gasteiger partial charge in [-0.05, 0) is 55.7 Å². The molecular weight excluding hydrogens is 364 g/mol. The molecule has 0 aliphatic heterocycles. The van der Waals surface area contributed by atoms with Gasteiger partial charge in [0.15, 0.2) is 0 Å². The van der Waals surface area contributed by atoms with E-state index in [4.69, 9.17) is 4.74 Å². The molecular formula is C20H26N2O4S. The molecule has 2 aromatic carbocycles. The van der Waals surface area contributed by atoms with E-state index in [2.05, 4.69) is 5.32 Å². The van der Waals surface area contributed by atoms with Gasteiger partial charge in [-0.2, -0.15) is 0 Å². The number of amides is 1.